The highest BCUT2D eigenvalue weighted by atomic mass is 16.5. The van der Waals surface area contributed by atoms with Gasteiger partial charge in [0.1, 0.15) is 5.75 Å². The first kappa shape index (κ1) is 13.9. The number of benzene rings is 1. The largest absolute Gasteiger partial charge is 0.507 e. The predicted molar refractivity (Wildman–Crippen MR) is 78.8 cm³/mol. The maximum atomic E-state index is 10.1. The summed E-state index contributed by atoms with van der Waals surface area (Å²) in [5.41, 5.74) is 2.86. The van der Waals surface area contributed by atoms with E-state index in [-0.39, 0.29) is 5.75 Å². The third-order valence-electron chi connectivity index (χ3n) is 2.99. The average Bonchev–Trinajstić information content (AvgIpc) is 2.99. The lowest BCUT2D eigenvalue weighted by molar-refractivity contribution is 0.400. The summed E-state index contributed by atoms with van der Waals surface area (Å²) in [6.07, 6.45) is 3.96. The highest BCUT2D eigenvalue weighted by Gasteiger charge is 2.11. The van der Waals surface area contributed by atoms with Crippen LogP contribution in [-0.4, -0.2) is 18.1 Å². The second-order valence-electron chi connectivity index (χ2n) is 4.28. The van der Waals surface area contributed by atoms with Gasteiger partial charge in [0.25, 0.3) is 0 Å². The summed E-state index contributed by atoms with van der Waals surface area (Å²) in [6.45, 7) is 5.89. The molecule has 1 N–H and O–H groups in total. The molecule has 0 saturated heterocycles. The molecule has 4 heteroatoms. The number of rotatable bonds is 4. The summed E-state index contributed by atoms with van der Waals surface area (Å²) in [6, 6.07) is 7.20. The number of phenolic OH excluding ortho intramolecular Hbond substituents is 1. The van der Waals surface area contributed by atoms with Crippen molar-refractivity contribution in [2.24, 2.45) is 4.99 Å². The monoisotopic (exact) mass is 271 g/mol. The van der Waals surface area contributed by atoms with E-state index in [4.69, 9.17) is 9.15 Å². The Morgan fingerprint density at radius 3 is 2.75 bits per heavy atom. The molecule has 0 aliphatic rings. The maximum Gasteiger partial charge on any atom is 0.224 e. The lowest BCUT2D eigenvalue weighted by Crippen LogP contribution is -2.04. The molecule has 104 valence electrons. The van der Waals surface area contributed by atoms with Crippen molar-refractivity contribution in [3.05, 3.63) is 60.1 Å². The van der Waals surface area contributed by atoms with Gasteiger partial charge in [0.2, 0.25) is 5.90 Å². The van der Waals surface area contributed by atoms with Crippen LogP contribution in [0.1, 0.15) is 23.6 Å². The molecule has 2 rings (SSSR count). The number of aromatic hydroxyl groups is 1. The van der Waals surface area contributed by atoms with Crippen LogP contribution in [-0.2, 0) is 11.2 Å². The summed E-state index contributed by atoms with van der Waals surface area (Å²) in [4.78, 5) is 4.30. The standard InChI is InChI=1S/C16H17NO3/c1-4-12-5-6-14(15(18)9-12)16(19-3)17-11(2)13-7-8-20-10-13/h5-10,18H,2,4H2,1,3H3. The SMILES string of the molecule is C=C(N=C(OC)c1ccc(CC)cc1O)c1ccoc1. The molecule has 0 radical (unpaired) electrons. The predicted octanol–water partition coefficient (Wildman–Crippen LogP) is 3.61. The van der Waals surface area contributed by atoms with Crippen LogP contribution >= 0.6 is 0 Å². The van der Waals surface area contributed by atoms with Gasteiger partial charge >= 0.3 is 0 Å². The van der Waals surface area contributed by atoms with Crippen LogP contribution in [0.25, 0.3) is 5.70 Å². The molecule has 0 unspecified atom stereocenters. The zero-order valence-electron chi connectivity index (χ0n) is 11.6. The first-order valence-corrected chi connectivity index (χ1v) is 6.32. The summed E-state index contributed by atoms with van der Waals surface area (Å²) in [5, 5.41) is 10.1. The van der Waals surface area contributed by atoms with Crippen LogP contribution in [0.4, 0.5) is 0 Å². The van der Waals surface area contributed by atoms with Gasteiger partial charge in [0.05, 0.1) is 30.9 Å². The summed E-state index contributed by atoms with van der Waals surface area (Å²) in [5.74, 6) is 0.460. The van der Waals surface area contributed by atoms with E-state index in [1.54, 1.807) is 30.7 Å². The Kier molecular flexibility index (Phi) is 4.25. The molecule has 2 aromatic rings. The Morgan fingerprint density at radius 1 is 1.40 bits per heavy atom. The molecule has 0 bridgehead atoms. The molecule has 20 heavy (non-hydrogen) atoms. The van der Waals surface area contributed by atoms with Crippen LogP contribution in [0.15, 0.2) is 52.8 Å². The maximum absolute atomic E-state index is 10.1. The molecular weight excluding hydrogens is 254 g/mol. The molecule has 0 amide bonds. The van der Waals surface area contributed by atoms with Gasteiger partial charge in [-0.3, -0.25) is 0 Å². The Balaban J connectivity index is 2.35. The first-order valence-electron chi connectivity index (χ1n) is 6.32. The van der Waals surface area contributed by atoms with Gasteiger partial charge in [-0.25, -0.2) is 4.99 Å². The van der Waals surface area contributed by atoms with Gasteiger partial charge in [0, 0.05) is 5.56 Å². The molecule has 0 atom stereocenters. The van der Waals surface area contributed by atoms with E-state index >= 15 is 0 Å². The van der Waals surface area contributed by atoms with Crippen LogP contribution in [0, 0.1) is 0 Å². The third-order valence-corrected chi connectivity index (χ3v) is 2.99. The van der Waals surface area contributed by atoms with Gasteiger partial charge in [-0.05, 0) is 30.2 Å². The second-order valence-corrected chi connectivity index (χ2v) is 4.28. The van der Waals surface area contributed by atoms with Crippen molar-refractivity contribution in [3.8, 4) is 5.75 Å². The van der Waals surface area contributed by atoms with Crippen LogP contribution in [0.2, 0.25) is 0 Å². The fraction of sp³-hybridized carbons (Fsp3) is 0.188. The number of hydrogen-bond acceptors (Lipinski definition) is 4. The van der Waals surface area contributed by atoms with Gasteiger partial charge in [-0.1, -0.05) is 19.6 Å². The fourth-order valence-corrected chi connectivity index (χ4v) is 1.81. The molecule has 0 fully saturated rings. The number of aliphatic imine (C=N–C) groups is 1. The molecule has 1 heterocycles. The van der Waals surface area contributed by atoms with Crippen LogP contribution in [0.5, 0.6) is 5.75 Å². The van der Waals surface area contributed by atoms with Crippen molar-refractivity contribution >= 4 is 11.6 Å². The van der Waals surface area contributed by atoms with Gasteiger partial charge in [-0.15, -0.1) is 0 Å². The van der Waals surface area contributed by atoms with Gasteiger partial charge in [-0.2, -0.15) is 0 Å². The van der Waals surface area contributed by atoms with E-state index in [1.165, 1.54) is 7.11 Å². The summed E-state index contributed by atoms with van der Waals surface area (Å²) < 4.78 is 10.2. The number of ether oxygens (including phenoxy) is 1. The normalized spacial score (nSPS) is 11.4. The van der Waals surface area contributed by atoms with Crippen molar-refractivity contribution in [3.63, 3.8) is 0 Å². The van der Waals surface area contributed by atoms with Gasteiger partial charge < -0.3 is 14.3 Å². The van der Waals surface area contributed by atoms with Crippen molar-refractivity contribution < 1.29 is 14.3 Å². The number of phenols is 1. The lowest BCUT2D eigenvalue weighted by atomic mass is 10.1. The molecule has 0 spiro atoms. The van der Waals surface area contributed by atoms with E-state index in [9.17, 15) is 5.11 Å². The molecule has 1 aromatic heterocycles. The third kappa shape index (κ3) is 2.91. The van der Waals surface area contributed by atoms with E-state index in [0.29, 0.717) is 17.2 Å². The van der Waals surface area contributed by atoms with Crippen molar-refractivity contribution in [1.82, 2.24) is 0 Å². The minimum Gasteiger partial charge on any atom is -0.507 e. The van der Waals surface area contributed by atoms with E-state index in [0.717, 1.165) is 17.5 Å². The zero-order valence-corrected chi connectivity index (χ0v) is 11.6. The molecule has 1 aromatic carbocycles. The average molecular weight is 271 g/mol. The first-order chi connectivity index (χ1) is 9.65. The highest BCUT2D eigenvalue weighted by Crippen LogP contribution is 2.23. The quantitative estimate of drug-likeness (QED) is 0.682. The van der Waals surface area contributed by atoms with Crippen LogP contribution < -0.4 is 0 Å². The van der Waals surface area contributed by atoms with Gasteiger partial charge in [0.15, 0.2) is 0 Å². The van der Waals surface area contributed by atoms with Crippen molar-refractivity contribution in [2.45, 2.75) is 13.3 Å². The molecular formula is C16H17NO3. The smallest absolute Gasteiger partial charge is 0.224 e. The van der Waals surface area contributed by atoms with Crippen LogP contribution in [0.3, 0.4) is 0 Å². The van der Waals surface area contributed by atoms with E-state index < -0.39 is 0 Å². The summed E-state index contributed by atoms with van der Waals surface area (Å²) >= 11 is 0. The number of furan rings is 1. The Morgan fingerprint density at radius 2 is 2.20 bits per heavy atom. The van der Waals surface area contributed by atoms with Crippen molar-refractivity contribution in [2.75, 3.05) is 7.11 Å². The minimum atomic E-state index is 0.143. The number of methoxy groups -OCH3 is 1. The number of aryl methyl sites for hydroxylation is 1. The van der Waals surface area contributed by atoms with E-state index in [2.05, 4.69) is 11.6 Å². The highest BCUT2D eigenvalue weighted by molar-refractivity contribution is 5.99. The van der Waals surface area contributed by atoms with E-state index in [1.807, 2.05) is 13.0 Å². The topological polar surface area (TPSA) is 55.0 Å². The molecule has 0 saturated carbocycles. The number of nitrogens with zero attached hydrogens (tertiary/aromatic N) is 1. The molecule has 4 nitrogen and oxygen atoms in total. The zero-order chi connectivity index (χ0) is 14.5. The molecule has 0 aliphatic carbocycles. The van der Waals surface area contributed by atoms with Crippen molar-refractivity contribution in [1.29, 1.82) is 0 Å². The Bertz CT molecular complexity index is 627. The fourth-order valence-electron chi connectivity index (χ4n) is 1.81. The lowest BCUT2D eigenvalue weighted by Gasteiger charge is -2.09. The minimum absolute atomic E-state index is 0.143. The second kappa shape index (κ2) is 6.10. The Hall–Kier alpha value is -2.49. The molecule has 0 aliphatic heterocycles. The Labute approximate surface area is 118 Å². The number of hydrogen-bond donors (Lipinski definition) is 1. The summed E-state index contributed by atoms with van der Waals surface area (Å²) in [7, 11) is 1.51.